The Balaban J connectivity index is 1.96. The van der Waals surface area contributed by atoms with Crippen molar-refractivity contribution in [1.82, 2.24) is 4.90 Å². The third kappa shape index (κ3) is 3.23. The van der Waals surface area contributed by atoms with E-state index in [1.165, 1.54) is 12.8 Å². The molecule has 4 nitrogen and oxygen atoms in total. The molecule has 0 spiro atoms. The van der Waals surface area contributed by atoms with E-state index in [-0.39, 0.29) is 6.10 Å². The average molecular weight is 247 g/mol. The summed E-state index contributed by atoms with van der Waals surface area (Å²) in [5.41, 5.74) is 7.09. The zero-order valence-corrected chi connectivity index (χ0v) is 11.0. The van der Waals surface area contributed by atoms with Crippen LogP contribution >= 0.6 is 0 Å². The Morgan fingerprint density at radius 1 is 1.44 bits per heavy atom. The van der Waals surface area contributed by atoms with Crippen LogP contribution in [-0.2, 0) is 4.74 Å². The van der Waals surface area contributed by atoms with Crippen LogP contribution in [0.2, 0.25) is 0 Å². The van der Waals surface area contributed by atoms with Gasteiger partial charge in [0.05, 0.1) is 6.54 Å². The van der Waals surface area contributed by atoms with Crippen LogP contribution in [0.4, 0.5) is 0 Å². The van der Waals surface area contributed by atoms with E-state index in [1.54, 1.807) is 7.11 Å². The number of rotatable bonds is 5. The van der Waals surface area contributed by atoms with Crippen molar-refractivity contribution in [2.75, 3.05) is 20.7 Å². The maximum Gasteiger partial charge on any atom is 0.191 e. The lowest BCUT2D eigenvalue weighted by Crippen LogP contribution is -2.36. The van der Waals surface area contributed by atoms with Gasteiger partial charge >= 0.3 is 0 Å². The minimum Gasteiger partial charge on any atom is -0.375 e. The van der Waals surface area contributed by atoms with Crippen LogP contribution in [0.25, 0.3) is 0 Å². The molecule has 4 heteroatoms. The molecule has 0 aromatic heterocycles. The third-order valence-corrected chi connectivity index (χ3v) is 3.33. The van der Waals surface area contributed by atoms with E-state index < -0.39 is 0 Å². The molecular weight excluding hydrogens is 226 g/mol. The average Bonchev–Trinajstić information content (AvgIpc) is 3.24. The van der Waals surface area contributed by atoms with Gasteiger partial charge in [-0.25, -0.2) is 0 Å². The van der Waals surface area contributed by atoms with Crippen LogP contribution in [0.1, 0.15) is 24.5 Å². The highest BCUT2D eigenvalue weighted by Crippen LogP contribution is 2.25. The molecule has 1 fully saturated rings. The van der Waals surface area contributed by atoms with Gasteiger partial charge in [-0.15, -0.1) is 0 Å². The minimum absolute atomic E-state index is 0.0302. The van der Waals surface area contributed by atoms with Gasteiger partial charge in [0.15, 0.2) is 5.96 Å². The van der Waals surface area contributed by atoms with Crippen LogP contribution in [0, 0.1) is 0 Å². The van der Waals surface area contributed by atoms with Crippen LogP contribution in [-0.4, -0.2) is 37.6 Å². The topological polar surface area (TPSA) is 50.9 Å². The van der Waals surface area contributed by atoms with Crippen molar-refractivity contribution in [3.8, 4) is 0 Å². The second-order valence-electron chi connectivity index (χ2n) is 4.68. The Morgan fingerprint density at radius 3 is 2.67 bits per heavy atom. The molecule has 98 valence electrons. The van der Waals surface area contributed by atoms with Crippen molar-refractivity contribution in [2.45, 2.75) is 25.0 Å². The van der Waals surface area contributed by atoms with Crippen molar-refractivity contribution < 1.29 is 4.74 Å². The number of guanidine groups is 1. The summed E-state index contributed by atoms with van der Waals surface area (Å²) in [4.78, 5) is 6.48. The molecule has 0 radical (unpaired) electrons. The van der Waals surface area contributed by atoms with Crippen molar-refractivity contribution in [3.63, 3.8) is 0 Å². The van der Waals surface area contributed by atoms with Crippen LogP contribution in [0.5, 0.6) is 0 Å². The van der Waals surface area contributed by atoms with Crippen molar-refractivity contribution >= 4 is 5.96 Å². The maximum absolute atomic E-state index is 5.96. The molecule has 2 N–H and O–H groups in total. The summed E-state index contributed by atoms with van der Waals surface area (Å²) in [6, 6.07) is 10.7. The molecular formula is C14H21N3O. The summed E-state index contributed by atoms with van der Waals surface area (Å²) in [5.74, 6) is 0.607. The lowest BCUT2D eigenvalue weighted by molar-refractivity contribution is 0.110. The highest BCUT2D eigenvalue weighted by molar-refractivity contribution is 5.78. The SMILES string of the molecule is COC(CN=C(N)N(C)C1CC1)c1ccccc1. The van der Waals surface area contributed by atoms with Crippen molar-refractivity contribution in [2.24, 2.45) is 10.7 Å². The molecule has 0 bridgehead atoms. The summed E-state index contributed by atoms with van der Waals surface area (Å²) in [6.45, 7) is 0.559. The van der Waals surface area contributed by atoms with Crippen LogP contribution in [0.3, 0.4) is 0 Å². The highest BCUT2D eigenvalue weighted by atomic mass is 16.5. The molecule has 18 heavy (non-hydrogen) atoms. The minimum atomic E-state index is -0.0302. The van der Waals surface area contributed by atoms with Gasteiger partial charge in [-0.3, -0.25) is 4.99 Å². The normalized spacial score (nSPS) is 17.6. The van der Waals surface area contributed by atoms with Gasteiger partial charge < -0.3 is 15.4 Å². The first-order valence-corrected chi connectivity index (χ1v) is 6.33. The largest absolute Gasteiger partial charge is 0.375 e. The summed E-state index contributed by atoms with van der Waals surface area (Å²) in [6.07, 6.45) is 2.41. The van der Waals surface area contributed by atoms with Gasteiger partial charge in [-0.1, -0.05) is 30.3 Å². The lowest BCUT2D eigenvalue weighted by Gasteiger charge is -2.19. The van der Waals surface area contributed by atoms with E-state index in [4.69, 9.17) is 10.5 Å². The molecule has 0 amide bonds. The van der Waals surface area contributed by atoms with Gasteiger partial charge in [0.25, 0.3) is 0 Å². The first-order valence-electron chi connectivity index (χ1n) is 6.33. The predicted octanol–water partition coefficient (Wildman–Crippen LogP) is 1.78. The molecule has 2 rings (SSSR count). The Morgan fingerprint density at radius 2 is 2.11 bits per heavy atom. The molecule has 1 aliphatic rings. The van der Waals surface area contributed by atoms with Crippen molar-refractivity contribution in [1.29, 1.82) is 0 Å². The number of nitrogens with two attached hydrogens (primary N) is 1. The van der Waals surface area contributed by atoms with E-state index in [9.17, 15) is 0 Å². The summed E-state index contributed by atoms with van der Waals surface area (Å²) in [7, 11) is 3.70. The van der Waals surface area contributed by atoms with E-state index in [1.807, 2.05) is 37.4 Å². The maximum atomic E-state index is 5.96. The number of benzene rings is 1. The molecule has 1 saturated carbocycles. The first kappa shape index (κ1) is 12.9. The second kappa shape index (κ2) is 5.87. The van der Waals surface area contributed by atoms with E-state index in [2.05, 4.69) is 9.89 Å². The molecule has 0 aliphatic heterocycles. The fraction of sp³-hybridized carbons (Fsp3) is 0.500. The highest BCUT2D eigenvalue weighted by Gasteiger charge is 2.27. The van der Waals surface area contributed by atoms with E-state index in [0.29, 0.717) is 18.5 Å². The number of aliphatic imine (C=N–C) groups is 1. The molecule has 1 atom stereocenters. The number of methoxy groups -OCH3 is 1. The summed E-state index contributed by atoms with van der Waals surface area (Å²) >= 11 is 0. The number of ether oxygens (including phenoxy) is 1. The monoisotopic (exact) mass is 247 g/mol. The Hall–Kier alpha value is -1.55. The zero-order chi connectivity index (χ0) is 13.0. The molecule has 0 saturated heterocycles. The Labute approximate surface area is 108 Å². The first-order chi connectivity index (χ1) is 8.72. The molecule has 1 aromatic rings. The van der Waals surface area contributed by atoms with Gasteiger partial charge in [-0.2, -0.15) is 0 Å². The fourth-order valence-corrected chi connectivity index (χ4v) is 1.92. The summed E-state index contributed by atoms with van der Waals surface area (Å²) in [5, 5.41) is 0. The molecule has 1 unspecified atom stereocenters. The van der Waals surface area contributed by atoms with E-state index in [0.717, 1.165) is 5.56 Å². The fourth-order valence-electron chi connectivity index (χ4n) is 1.92. The predicted molar refractivity (Wildman–Crippen MR) is 73.5 cm³/mol. The Bertz CT molecular complexity index is 401. The van der Waals surface area contributed by atoms with Gasteiger partial charge in [0.2, 0.25) is 0 Å². The molecule has 1 aliphatic carbocycles. The van der Waals surface area contributed by atoms with Crippen LogP contribution < -0.4 is 5.73 Å². The van der Waals surface area contributed by atoms with E-state index >= 15 is 0 Å². The lowest BCUT2D eigenvalue weighted by atomic mass is 10.1. The zero-order valence-electron chi connectivity index (χ0n) is 11.0. The summed E-state index contributed by atoms with van der Waals surface area (Å²) < 4.78 is 5.46. The smallest absolute Gasteiger partial charge is 0.191 e. The van der Waals surface area contributed by atoms with Gasteiger partial charge in [0, 0.05) is 20.2 Å². The number of hydrogen-bond acceptors (Lipinski definition) is 2. The number of hydrogen-bond donors (Lipinski definition) is 1. The quantitative estimate of drug-likeness (QED) is 0.637. The molecule has 0 heterocycles. The van der Waals surface area contributed by atoms with Gasteiger partial charge in [0.1, 0.15) is 6.10 Å². The second-order valence-corrected chi connectivity index (χ2v) is 4.68. The van der Waals surface area contributed by atoms with Crippen LogP contribution in [0.15, 0.2) is 35.3 Å². The number of nitrogens with zero attached hydrogens (tertiary/aromatic N) is 2. The van der Waals surface area contributed by atoms with Gasteiger partial charge in [-0.05, 0) is 18.4 Å². The third-order valence-electron chi connectivity index (χ3n) is 3.33. The standard InChI is InChI=1S/C14H21N3O/c1-17(12-8-9-12)14(15)16-10-13(18-2)11-6-4-3-5-7-11/h3-7,12-13H,8-10H2,1-2H3,(H2,15,16). The Kier molecular flexibility index (Phi) is 4.20. The van der Waals surface area contributed by atoms with Crippen molar-refractivity contribution in [3.05, 3.63) is 35.9 Å². The molecule has 1 aromatic carbocycles.